The zero-order chi connectivity index (χ0) is 10.3. The van der Waals surface area contributed by atoms with Crippen LogP contribution >= 0.6 is 0 Å². The highest BCUT2D eigenvalue weighted by Crippen LogP contribution is 2.06. The van der Waals surface area contributed by atoms with Crippen LogP contribution in [0.2, 0.25) is 0 Å². The molecule has 2 aromatic heterocycles. The minimum atomic E-state index is -0.244. The zero-order valence-electron chi connectivity index (χ0n) is 7.98. The van der Waals surface area contributed by atoms with Crippen molar-refractivity contribution in [3.05, 3.63) is 28.2 Å². The number of aryl methyl sites for hydroxylation is 1. The average molecular weight is 193 g/mol. The van der Waals surface area contributed by atoms with E-state index in [1.165, 1.54) is 10.7 Å². The Morgan fingerprint density at radius 1 is 1.64 bits per heavy atom. The summed E-state index contributed by atoms with van der Waals surface area (Å²) in [6.45, 7) is 3.51. The molecule has 2 rings (SSSR count). The number of hydrogen-bond donors (Lipinski definition) is 2. The number of aromatic nitrogens is 4. The van der Waals surface area contributed by atoms with Crippen molar-refractivity contribution >= 4 is 5.52 Å². The van der Waals surface area contributed by atoms with E-state index in [2.05, 4.69) is 15.1 Å². The maximum absolute atomic E-state index is 11.4. The molecule has 0 aromatic carbocycles. The van der Waals surface area contributed by atoms with E-state index in [-0.39, 0.29) is 11.6 Å². The van der Waals surface area contributed by atoms with Crippen molar-refractivity contribution in [1.82, 2.24) is 19.6 Å². The molecule has 14 heavy (non-hydrogen) atoms. The Bertz CT molecular complexity index is 524. The molecule has 0 aliphatic heterocycles. The van der Waals surface area contributed by atoms with Gasteiger partial charge in [0.25, 0.3) is 5.56 Å². The number of rotatable bonds is 1. The van der Waals surface area contributed by atoms with Crippen LogP contribution in [0.3, 0.4) is 0 Å². The topological polar surface area (TPSA) is 89.1 Å². The molecule has 0 bridgehead atoms. The Hall–Kier alpha value is -1.69. The van der Waals surface area contributed by atoms with Gasteiger partial charge in [-0.05, 0) is 13.8 Å². The lowest BCUT2D eigenvalue weighted by Gasteiger charge is -2.03. The van der Waals surface area contributed by atoms with E-state index in [9.17, 15) is 4.79 Å². The maximum atomic E-state index is 11.4. The van der Waals surface area contributed by atoms with Crippen LogP contribution in [0.15, 0.2) is 11.0 Å². The summed E-state index contributed by atoms with van der Waals surface area (Å²) in [7, 11) is 0. The van der Waals surface area contributed by atoms with Crippen molar-refractivity contribution in [3.63, 3.8) is 0 Å². The third kappa shape index (κ3) is 1.20. The molecule has 0 aliphatic carbocycles. The number of hydrogen-bond acceptors (Lipinski definition) is 4. The molecule has 0 amide bonds. The Morgan fingerprint density at radius 3 is 3.00 bits per heavy atom. The fourth-order valence-corrected chi connectivity index (χ4v) is 1.33. The molecule has 0 saturated heterocycles. The first-order valence-corrected chi connectivity index (χ1v) is 4.29. The van der Waals surface area contributed by atoms with Crippen LogP contribution in [0.25, 0.3) is 5.52 Å². The normalized spacial score (nSPS) is 13.4. The SMILES string of the molecule is Cc1nn2c([C@H](C)N)ncc2c(=O)[nH]1. The number of H-pyrrole nitrogens is 1. The minimum Gasteiger partial charge on any atom is -0.322 e. The summed E-state index contributed by atoms with van der Waals surface area (Å²) in [4.78, 5) is 18.1. The van der Waals surface area contributed by atoms with Gasteiger partial charge in [0.2, 0.25) is 0 Å². The zero-order valence-corrected chi connectivity index (χ0v) is 7.98. The first-order chi connectivity index (χ1) is 6.59. The lowest BCUT2D eigenvalue weighted by atomic mass is 10.3. The Balaban J connectivity index is 2.85. The standard InChI is InChI=1S/C8H11N5O/c1-4(9)7-10-3-6-8(14)11-5(2)12-13(6)7/h3-4H,9H2,1-2H3,(H,11,12,14)/t4-/m0/s1. The second kappa shape index (κ2) is 2.91. The molecule has 0 spiro atoms. The fraction of sp³-hybridized carbons (Fsp3) is 0.375. The summed E-state index contributed by atoms with van der Waals surface area (Å²) in [6, 6.07) is -0.244. The Labute approximate surface area is 79.8 Å². The summed E-state index contributed by atoms with van der Waals surface area (Å²) in [5.74, 6) is 1.14. The van der Waals surface area contributed by atoms with Crippen LogP contribution in [0.5, 0.6) is 0 Å². The highest BCUT2D eigenvalue weighted by Gasteiger charge is 2.11. The van der Waals surface area contributed by atoms with Crippen LogP contribution < -0.4 is 11.3 Å². The first-order valence-electron chi connectivity index (χ1n) is 4.29. The predicted octanol–water partition coefficient (Wildman–Crippen LogP) is -0.254. The molecule has 0 saturated carbocycles. The summed E-state index contributed by atoms with van der Waals surface area (Å²) in [5, 5.41) is 4.14. The highest BCUT2D eigenvalue weighted by atomic mass is 16.1. The highest BCUT2D eigenvalue weighted by molar-refractivity contribution is 5.42. The molecular weight excluding hydrogens is 182 g/mol. The number of imidazole rings is 1. The number of nitrogens with zero attached hydrogens (tertiary/aromatic N) is 3. The minimum absolute atomic E-state index is 0.197. The van der Waals surface area contributed by atoms with Crippen molar-refractivity contribution in [2.75, 3.05) is 0 Å². The number of nitrogens with one attached hydrogen (secondary N) is 1. The molecule has 0 fully saturated rings. The monoisotopic (exact) mass is 193 g/mol. The summed E-state index contributed by atoms with van der Waals surface area (Å²) in [6.07, 6.45) is 1.48. The van der Waals surface area contributed by atoms with Crippen LogP contribution in [-0.2, 0) is 0 Å². The van der Waals surface area contributed by atoms with E-state index in [1.807, 2.05) is 0 Å². The van der Waals surface area contributed by atoms with Gasteiger partial charge in [0.15, 0.2) is 5.52 Å². The smallest absolute Gasteiger partial charge is 0.276 e. The lowest BCUT2D eigenvalue weighted by molar-refractivity contribution is 0.685. The van der Waals surface area contributed by atoms with E-state index in [0.717, 1.165) is 0 Å². The van der Waals surface area contributed by atoms with Gasteiger partial charge < -0.3 is 10.7 Å². The Kier molecular flexibility index (Phi) is 1.85. The summed E-state index contributed by atoms with van der Waals surface area (Å²) in [5.41, 5.74) is 5.91. The van der Waals surface area contributed by atoms with E-state index < -0.39 is 0 Å². The van der Waals surface area contributed by atoms with Crippen molar-refractivity contribution in [2.24, 2.45) is 5.73 Å². The molecule has 6 nitrogen and oxygen atoms in total. The van der Waals surface area contributed by atoms with Crippen molar-refractivity contribution in [2.45, 2.75) is 19.9 Å². The van der Waals surface area contributed by atoms with Crippen molar-refractivity contribution < 1.29 is 0 Å². The molecule has 0 unspecified atom stereocenters. The molecule has 1 atom stereocenters. The summed E-state index contributed by atoms with van der Waals surface area (Å²) < 4.78 is 1.48. The van der Waals surface area contributed by atoms with Gasteiger partial charge in [-0.25, -0.2) is 9.50 Å². The molecule has 2 aromatic rings. The number of fused-ring (bicyclic) bond motifs is 1. The quantitative estimate of drug-likeness (QED) is 0.653. The first kappa shape index (κ1) is 8.89. The van der Waals surface area contributed by atoms with Gasteiger partial charge in [0, 0.05) is 0 Å². The average Bonchev–Trinajstić information content (AvgIpc) is 2.47. The molecule has 6 heteroatoms. The second-order valence-electron chi connectivity index (χ2n) is 3.24. The maximum Gasteiger partial charge on any atom is 0.276 e. The third-order valence-electron chi connectivity index (χ3n) is 1.95. The van der Waals surface area contributed by atoms with Gasteiger partial charge in [0.05, 0.1) is 12.2 Å². The van der Waals surface area contributed by atoms with Gasteiger partial charge in [-0.2, -0.15) is 5.10 Å². The summed E-state index contributed by atoms with van der Waals surface area (Å²) >= 11 is 0. The van der Waals surface area contributed by atoms with Crippen LogP contribution in [-0.4, -0.2) is 19.6 Å². The van der Waals surface area contributed by atoms with Gasteiger partial charge in [-0.3, -0.25) is 4.79 Å². The Morgan fingerprint density at radius 2 is 2.36 bits per heavy atom. The van der Waals surface area contributed by atoms with E-state index in [1.54, 1.807) is 13.8 Å². The van der Waals surface area contributed by atoms with Crippen molar-refractivity contribution in [3.8, 4) is 0 Å². The molecule has 3 N–H and O–H groups in total. The fourth-order valence-electron chi connectivity index (χ4n) is 1.33. The number of aromatic amines is 1. The lowest BCUT2D eigenvalue weighted by Crippen LogP contribution is -2.17. The van der Waals surface area contributed by atoms with Crippen LogP contribution in [0.4, 0.5) is 0 Å². The third-order valence-corrected chi connectivity index (χ3v) is 1.95. The molecule has 74 valence electrons. The van der Waals surface area contributed by atoms with E-state index >= 15 is 0 Å². The molecular formula is C8H11N5O. The van der Waals surface area contributed by atoms with Crippen molar-refractivity contribution in [1.29, 1.82) is 0 Å². The van der Waals surface area contributed by atoms with Gasteiger partial charge in [-0.1, -0.05) is 0 Å². The molecule has 0 radical (unpaired) electrons. The predicted molar refractivity (Wildman–Crippen MR) is 50.9 cm³/mol. The van der Waals surface area contributed by atoms with E-state index in [0.29, 0.717) is 17.2 Å². The van der Waals surface area contributed by atoms with E-state index in [4.69, 9.17) is 5.73 Å². The van der Waals surface area contributed by atoms with Gasteiger partial charge >= 0.3 is 0 Å². The van der Waals surface area contributed by atoms with Crippen LogP contribution in [0.1, 0.15) is 24.6 Å². The molecule has 0 aliphatic rings. The van der Waals surface area contributed by atoms with Gasteiger partial charge in [-0.15, -0.1) is 0 Å². The van der Waals surface area contributed by atoms with Crippen LogP contribution in [0, 0.1) is 6.92 Å². The number of nitrogens with two attached hydrogens (primary N) is 1. The van der Waals surface area contributed by atoms with Gasteiger partial charge in [0.1, 0.15) is 11.6 Å². The largest absolute Gasteiger partial charge is 0.322 e. The molecule has 2 heterocycles. The second-order valence-corrected chi connectivity index (χ2v) is 3.24.